The molecule has 3 N–H and O–H groups in total. The van der Waals surface area contributed by atoms with Gasteiger partial charge in [-0.05, 0) is 70.1 Å². The average Bonchev–Trinajstić information content (AvgIpc) is 2.93. The lowest BCUT2D eigenvalue weighted by Gasteiger charge is -2.17. The second kappa shape index (κ2) is 10.5. The number of hydrogen-bond acceptors (Lipinski definition) is 7. The van der Waals surface area contributed by atoms with Gasteiger partial charge in [0.1, 0.15) is 17.1 Å². The Labute approximate surface area is 234 Å². The predicted molar refractivity (Wildman–Crippen MR) is 154 cm³/mol. The number of azide groups is 1. The minimum atomic E-state index is -0.696. The van der Waals surface area contributed by atoms with Crippen LogP contribution >= 0.6 is 22.6 Å². The molecule has 11 heteroatoms. The van der Waals surface area contributed by atoms with Crippen LogP contribution < -0.4 is 11.1 Å². The summed E-state index contributed by atoms with van der Waals surface area (Å²) < 4.78 is 11.4. The summed E-state index contributed by atoms with van der Waals surface area (Å²) in [5.74, 6) is -1.11. The zero-order valence-electron chi connectivity index (χ0n) is 20.3. The highest BCUT2D eigenvalue weighted by molar-refractivity contribution is 14.1. The molecule has 1 amide bonds. The maximum absolute atomic E-state index is 13.0. The predicted octanol–water partition coefficient (Wildman–Crippen LogP) is 6.57. The third-order valence-corrected chi connectivity index (χ3v) is 7.10. The molecule has 1 heterocycles. The van der Waals surface area contributed by atoms with Crippen molar-refractivity contribution in [2.24, 2.45) is 10.1 Å². The Kier molecular flexibility index (Phi) is 6.92. The van der Waals surface area contributed by atoms with E-state index in [0.29, 0.717) is 33.7 Å². The fourth-order valence-corrected chi connectivity index (χ4v) is 4.85. The highest BCUT2D eigenvalue weighted by Gasteiger charge is 2.22. The molecule has 1 aliphatic carbocycles. The number of aromatic hydroxyl groups is 1. The number of amides is 1. The van der Waals surface area contributed by atoms with Gasteiger partial charge in [-0.25, -0.2) is 9.79 Å². The van der Waals surface area contributed by atoms with Crippen LogP contribution in [0.5, 0.6) is 5.75 Å². The van der Waals surface area contributed by atoms with E-state index in [1.165, 1.54) is 19.2 Å². The van der Waals surface area contributed by atoms with Crippen LogP contribution in [0.15, 0.2) is 87.3 Å². The summed E-state index contributed by atoms with van der Waals surface area (Å²) in [6.07, 6.45) is 0. The Morgan fingerprint density at radius 2 is 1.82 bits per heavy atom. The molecule has 39 heavy (non-hydrogen) atoms. The van der Waals surface area contributed by atoms with Gasteiger partial charge < -0.3 is 20.0 Å². The number of esters is 1. The number of fused-ring (bicyclic) bond motifs is 2. The molecule has 0 spiro atoms. The van der Waals surface area contributed by atoms with E-state index in [1.807, 2.05) is 18.2 Å². The first kappa shape index (κ1) is 25.8. The molecule has 0 atom stereocenters. The van der Waals surface area contributed by atoms with E-state index < -0.39 is 11.9 Å². The number of hydrogen-bond donors (Lipinski definition) is 2. The number of carbonyl (C=O) groups is 2. The molecule has 1 aliphatic heterocycles. The molecule has 0 unspecified atom stereocenters. The number of benzene rings is 4. The number of carbonyl (C=O) groups excluding carboxylic acids is 2. The van der Waals surface area contributed by atoms with Gasteiger partial charge in [0.05, 0.1) is 32.9 Å². The molecule has 0 fully saturated rings. The molecule has 2 aliphatic rings. The van der Waals surface area contributed by atoms with Crippen molar-refractivity contribution in [3.8, 4) is 28.2 Å². The van der Waals surface area contributed by atoms with Gasteiger partial charge in [-0.2, -0.15) is 0 Å². The second-order valence-electron chi connectivity index (χ2n) is 8.35. The van der Waals surface area contributed by atoms with Crippen LogP contribution in [-0.4, -0.2) is 24.1 Å². The number of ether oxygens (including phenoxy) is 1. The third kappa shape index (κ3) is 4.76. The molecule has 3 aromatic rings. The quantitative estimate of drug-likeness (QED) is 0.0434. The van der Waals surface area contributed by atoms with Gasteiger partial charge in [0.25, 0.3) is 5.91 Å². The van der Waals surface area contributed by atoms with Gasteiger partial charge in [-0.15, -0.1) is 0 Å². The smallest absolute Gasteiger partial charge is 0.338 e. The number of phenolic OH excluding ortho intramolecular Hbond substituents is 1. The summed E-state index contributed by atoms with van der Waals surface area (Å²) in [6, 6.07) is 20.1. The summed E-state index contributed by atoms with van der Waals surface area (Å²) in [5, 5.41) is 15.0. The van der Waals surface area contributed by atoms with Gasteiger partial charge in [0, 0.05) is 39.2 Å². The number of anilines is 1. The Bertz CT molecular complexity index is 1890. The van der Waals surface area contributed by atoms with E-state index in [4.69, 9.17) is 20.4 Å². The third-order valence-electron chi connectivity index (χ3n) is 6.04. The Morgan fingerprint density at radius 1 is 1.03 bits per heavy atom. The number of phenols is 1. The van der Waals surface area contributed by atoms with Gasteiger partial charge in [-0.1, -0.05) is 29.4 Å². The van der Waals surface area contributed by atoms with E-state index in [-0.39, 0.29) is 25.9 Å². The maximum atomic E-state index is 13.0. The first-order valence-electron chi connectivity index (χ1n) is 11.4. The largest absolute Gasteiger partial charge is 0.506 e. The van der Waals surface area contributed by atoms with Crippen molar-refractivity contribution in [1.29, 1.82) is 0 Å². The van der Waals surface area contributed by atoms with Crippen LogP contribution in [0.2, 0.25) is 0 Å². The topological polar surface area (TPSA) is 164 Å². The zero-order valence-corrected chi connectivity index (χ0v) is 22.4. The second-order valence-corrected chi connectivity index (χ2v) is 9.43. The lowest BCUT2D eigenvalue weighted by molar-refractivity contribution is 0.0601. The first-order chi connectivity index (χ1) is 18.8. The van der Waals surface area contributed by atoms with Crippen molar-refractivity contribution in [3.63, 3.8) is 0 Å². The monoisotopic (exact) mass is 631 g/mol. The first-order valence-corrected chi connectivity index (χ1v) is 12.5. The number of nitrogen functional groups attached to an aromatic ring is 1. The molecule has 0 saturated carbocycles. The van der Waals surface area contributed by atoms with Crippen LogP contribution in [0.1, 0.15) is 20.7 Å². The molecule has 0 aromatic heterocycles. The molecular formula is C28H18IN5O5. The Balaban J connectivity index is 1.72. The van der Waals surface area contributed by atoms with E-state index in [9.17, 15) is 14.7 Å². The highest BCUT2D eigenvalue weighted by Crippen LogP contribution is 2.41. The van der Waals surface area contributed by atoms with Crippen LogP contribution in [-0.2, 0) is 4.74 Å². The molecule has 0 saturated heterocycles. The van der Waals surface area contributed by atoms with E-state index >= 15 is 0 Å². The fourth-order valence-electron chi connectivity index (χ4n) is 4.27. The Hall–Kier alpha value is -4.87. The van der Waals surface area contributed by atoms with Gasteiger partial charge in [-0.3, -0.25) is 4.79 Å². The van der Waals surface area contributed by atoms with Crippen LogP contribution in [0.3, 0.4) is 0 Å². The molecular weight excluding hydrogens is 613 g/mol. The standard InChI is InChI=1S/C28H18IN5O5/c1-38-28(37)17-5-3-2-4-16(17)24-18-8-6-14(30)12-22(18)39-23-13-15(7-9-19(23)24)32-27(36)20-10-11-21(33-34-31)25(29)26(20)35/h2-13,35H,30H2,1H3. The molecule has 3 aromatic carbocycles. The number of nitrogens with zero attached hydrogens (tertiary/aromatic N) is 4. The summed E-state index contributed by atoms with van der Waals surface area (Å²) in [7, 11) is 1.32. The van der Waals surface area contributed by atoms with Crippen LogP contribution in [0, 0.1) is 3.57 Å². The van der Waals surface area contributed by atoms with E-state index in [1.54, 1.807) is 65.1 Å². The fraction of sp³-hybridized carbons (Fsp3) is 0.0357. The normalized spacial score (nSPS) is 11.4. The van der Waals surface area contributed by atoms with E-state index in [0.717, 1.165) is 10.9 Å². The zero-order chi connectivity index (χ0) is 27.7. The minimum absolute atomic E-state index is 0.0488. The van der Waals surface area contributed by atoms with Gasteiger partial charge in [0.15, 0.2) is 0 Å². The number of nitrogens with two attached hydrogens (primary N) is 1. The molecule has 5 rings (SSSR count). The molecule has 0 bridgehead atoms. The van der Waals surface area contributed by atoms with Crippen molar-refractivity contribution in [1.82, 2.24) is 0 Å². The van der Waals surface area contributed by atoms with Crippen LogP contribution in [0.25, 0.3) is 43.9 Å². The molecule has 10 nitrogen and oxygen atoms in total. The van der Waals surface area contributed by atoms with Gasteiger partial charge >= 0.3 is 5.97 Å². The number of rotatable bonds is 4. The lowest BCUT2D eigenvalue weighted by atomic mass is 9.90. The summed E-state index contributed by atoms with van der Waals surface area (Å²) in [6.45, 7) is 0. The summed E-state index contributed by atoms with van der Waals surface area (Å²) in [4.78, 5) is 32.4. The Morgan fingerprint density at radius 3 is 2.59 bits per heavy atom. The molecule has 192 valence electrons. The SMILES string of the molecule is COC(=O)c1ccccc1-c1c2ccc(=NC(=O)c3ccc(N=[N+]=[N-])c(I)c3O)cc-2oc2cc(N)ccc12. The lowest BCUT2D eigenvalue weighted by Crippen LogP contribution is -2.09. The number of halogens is 1. The van der Waals surface area contributed by atoms with Crippen LogP contribution in [0.4, 0.5) is 11.4 Å². The summed E-state index contributed by atoms with van der Waals surface area (Å²) in [5.41, 5.74) is 18.2. The molecule has 0 radical (unpaired) electrons. The number of methoxy groups -OCH3 is 1. The van der Waals surface area contributed by atoms with Gasteiger partial charge in [0.2, 0.25) is 0 Å². The van der Waals surface area contributed by atoms with Crippen molar-refractivity contribution in [2.75, 3.05) is 12.8 Å². The summed E-state index contributed by atoms with van der Waals surface area (Å²) >= 11 is 1.79. The van der Waals surface area contributed by atoms with E-state index in [2.05, 4.69) is 15.0 Å². The van der Waals surface area contributed by atoms with Crippen molar-refractivity contribution < 1.29 is 23.8 Å². The highest BCUT2D eigenvalue weighted by atomic mass is 127. The van der Waals surface area contributed by atoms with Crippen molar-refractivity contribution in [2.45, 2.75) is 0 Å². The average molecular weight is 631 g/mol. The maximum Gasteiger partial charge on any atom is 0.338 e. The minimum Gasteiger partial charge on any atom is -0.506 e. The van der Waals surface area contributed by atoms with Crippen molar-refractivity contribution in [3.05, 3.63) is 103 Å². The van der Waals surface area contributed by atoms with Crippen molar-refractivity contribution >= 4 is 56.8 Å².